The van der Waals surface area contributed by atoms with E-state index in [9.17, 15) is 12.9 Å². The van der Waals surface area contributed by atoms with Gasteiger partial charge in [0.2, 0.25) is 0 Å². The summed E-state index contributed by atoms with van der Waals surface area (Å²) in [7, 11) is 0. The zero-order valence-corrected chi connectivity index (χ0v) is 13.6. The Kier molecular flexibility index (Phi) is 10.7. The number of nitrogens with zero attached hydrogens (tertiary/aromatic N) is 1. The van der Waals surface area contributed by atoms with Gasteiger partial charge < -0.3 is 17.8 Å². The van der Waals surface area contributed by atoms with Gasteiger partial charge in [-0.2, -0.15) is 0 Å². The third kappa shape index (κ3) is 13.4. The van der Waals surface area contributed by atoms with Crippen LogP contribution in [0.2, 0.25) is 0 Å². The number of hydrogen-bond acceptors (Lipinski definition) is 1. The molecular formula is C9H20BF3KN. The van der Waals surface area contributed by atoms with Crippen LogP contribution in [0.15, 0.2) is 0 Å². The van der Waals surface area contributed by atoms with Crippen LogP contribution in [0.1, 0.15) is 27.7 Å². The summed E-state index contributed by atoms with van der Waals surface area (Å²) in [5, 5.41) is 0. The summed E-state index contributed by atoms with van der Waals surface area (Å²) in [5.41, 5.74) is 0. The van der Waals surface area contributed by atoms with E-state index in [4.69, 9.17) is 0 Å². The minimum absolute atomic E-state index is 0. The molecule has 0 fully saturated rings. The molecule has 0 unspecified atom stereocenters. The van der Waals surface area contributed by atoms with Crippen molar-refractivity contribution in [3.8, 4) is 0 Å². The summed E-state index contributed by atoms with van der Waals surface area (Å²) < 4.78 is 36.7. The van der Waals surface area contributed by atoms with Gasteiger partial charge in [-0.05, 0) is 31.4 Å². The monoisotopic (exact) mass is 249 g/mol. The SMILES string of the molecule is CC(C)CN(CC(C)C)C[B-](F)(F)F.[K+]. The molecule has 0 aromatic heterocycles. The molecule has 0 heterocycles. The summed E-state index contributed by atoms with van der Waals surface area (Å²) in [5.74, 6) is 0.568. The van der Waals surface area contributed by atoms with Gasteiger partial charge in [-0.25, -0.2) is 0 Å². The van der Waals surface area contributed by atoms with E-state index < -0.39 is 13.4 Å². The zero-order chi connectivity index (χ0) is 11.4. The predicted octanol–water partition coefficient (Wildman–Crippen LogP) is -0.00900. The smallest absolute Gasteiger partial charge is 0.448 e. The fraction of sp³-hybridized carbons (Fsp3) is 1.00. The predicted molar refractivity (Wildman–Crippen MR) is 55.2 cm³/mol. The number of halogens is 3. The van der Waals surface area contributed by atoms with Gasteiger partial charge in [0.25, 0.3) is 0 Å². The second-order valence-corrected chi connectivity index (χ2v) is 4.72. The molecule has 0 amide bonds. The Balaban J connectivity index is 0. The average Bonchev–Trinajstić information content (AvgIpc) is 1.77. The van der Waals surface area contributed by atoms with Gasteiger partial charge in [-0.15, -0.1) is 0 Å². The molecule has 0 saturated heterocycles. The van der Waals surface area contributed by atoms with E-state index in [1.807, 2.05) is 27.7 Å². The van der Waals surface area contributed by atoms with E-state index in [0.717, 1.165) is 0 Å². The largest absolute Gasteiger partial charge is 1.00 e. The topological polar surface area (TPSA) is 3.24 Å². The van der Waals surface area contributed by atoms with Crippen LogP contribution in [0.25, 0.3) is 0 Å². The van der Waals surface area contributed by atoms with Crippen molar-refractivity contribution in [1.82, 2.24) is 4.90 Å². The molecule has 0 bridgehead atoms. The molecule has 0 aliphatic rings. The van der Waals surface area contributed by atoms with Crippen LogP contribution in [0.3, 0.4) is 0 Å². The maximum atomic E-state index is 12.2. The Morgan fingerprint density at radius 1 is 0.933 bits per heavy atom. The van der Waals surface area contributed by atoms with Crippen molar-refractivity contribution in [2.75, 3.05) is 19.5 Å². The molecule has 0 N–H and O–H groups in total. The van der Waals surface area contributed by atoms with Crippen LogP contribution in [0, 0.1) is 11.8 Å². The Bertz CT molecular complexity index is 152. The Morgan fingerprint density at radius 3 is 1.47 bits per heavy atom. The second kappa shape index (κ2) is 8.53. The van der Waals surface area contributed by atoms with Crippen molar-refractivity contribution in [2.45, 2.75) is 27.7 Å². The van der Waals surface area contributed by atoms with Crippen LogP contribution in [0.5, 0.6) is 0 Å². The molecular weight excluding hydrogens is 229 g/mol. The van der Waals surface area contributed by atoms with Crippen LogP contribution >= 0.6 is 0 Å². The molecule has 0 saturated carbocycles. The molecule has 0 rings (SSSR count). The minimum atomic E-state index is -4.69. The van der Waals surface area contributed by atoms with Crippen molar-refractivity contribution >= 4 is 6.98 Å². The van der Waals surface area contributed by atoms with E-state index in [1.165, 1.54) is 4.90 Å². The molecule has 0 aliphatic carbocycles. The summed E-state index contributed by atoms with van der Waals surface area (Å²) >= 11 is 0. The van der Waals surface area contributed by atoms with Gasteiger partial charge in [0, 0.05) is 0 Å². The standard InChI is InChI=1S/C9H20BF3N.K/c1-8(2)5-14(6-9(3)4)7-10(11,12)13;/h8-9H,5-7H2,1-4H3;/q-1;+1. The Hall–Kier alpha value is 1.45. The fourth-order valence-corrected chi connectivity index (χ4v) is 1.55. The van der Waals surface area contributed by atoms with Gasteiger partial charge in [-0.3, -0.25) is 0 Å². The van der Waals surface area contributed by atoms with Crippen molar-refractivity contribution < 1.29 is 64.3 Å². The van der Waals surface area contributed by atoms with E-state index >= 15 is 0 Å². The molecule has 0 spiro atoms. The van der Waals surface area contributed by atoms with Gasteiger partial charge in [0.15, 0.2) is 0 Å². The number of hydrogen-bond donors (Lipinski definition) is 0. The normalized spacial score (nSPS) is 12.4. The van der Waals surface area contributed by atoms with Crippen molar-refractivity contribution in [1.29, 1.82) is 0 Å². The van der Waals surface area contributed by atoms with Crippen molar-refractivity contribution in [2.24, 2.45) is 11.8 Å². The average molecular weight is 249 g/mol. The van der Waals surface area contributed by atoms with Gasteiger partial charge in [-0.1, -0.05) is 27.7 Å². The molecule has 1 nitrogen and oxygen atoms in total. The van der Waals surface area contributed by atoms with Crippen LogP contribution < -0.4 is 51.4 Å². The molecule has 0 aliphatic heterocycles. The van der Waals surface area contributed by atoms with Crippen molar-refractivity contribution in [3.63, 3.8) is 0 Å². The zero-order valence-electron chi connectivity index (χ0n) is 10.4. The molecule has 0 aromatic rings. The molecule has 0 radical (unpaired) electrons. The quantitative estimate of drug-likeness (QED) is 0.598. The van der Waals surface area contributed by atoms with E-state index in [2.05, 4.69) is 0 Å². The molecule has 0 atom stereocenters. The first-order valence-electron chi connectivity index (χ1n) is 5.14. The molecule has 6 heteroatoms. The Labute approximate surface area is 134 Å². The molecule has 15 heavy (non-hydrogen) atoms. The fourth-order valence-electron chi connectivity index (χ4n) is 1.55. The first kappa shape index (κ1) is 18.8. The van der Waals surface area contributed by atoms with Crippen molar-refractivity contribution in [3.05, 3.63) is 0 Å². The van der Waals surface area contributed by atoms with Crippen LogP contribution in [-0.2, 0) is 0 Å². The van der Waals surface area contributed by atoms with Gasteiger partial charge >= 0.3 is 58.4 Å². The van der Waals surface area contributed by atoms with E-state index in [-0.39, 0.29) is 63.2 Å². The first-order valence-corrected chi connectivity index (χ1v) is 5.14. The third-order valence-corrected chi connectivity index (χ3v) is 1.71. The van der Waals surface area contributed by atoms with Gasteiger partial charge in [0.05, 0.1) is 0 Å². The minimum Gasteiger partial charge on any atom is -0.448 e. The number of rotatable bonds is 6. The van der Waals surface area contributed by atoms with E-state index in [0.29, 0.717) is 13.1 Å². The summed E-state index contributed by atoms with van der Waals surface area (Å²) in [4.78, 5) is 1.51. The second-order valence-electron chi connectivity index (χ2n) is 4.72. The van der Waals surface area contributed by atoms with Crippen LogP contribution in [0.4, 0.5) is 12.9 Å². The van der Waals surface area contributed by atoms with Crippen LogP contribution in [-0.4, -0.2) is 31.4 Å². The third-order valence-electron chi connectivity index (χ3n) is 1.71. The maximum absolute atomic E-state index is 12.2. The molecule has 86 valence electrons. The summed E-state index contributed by atoms with van der Waals surface area (Å²) in [6.07, 6.45) is -0.726. The van der Waals surface area contributed by atoms with Gasteiger partial charge in [0.1, 0.15) is 0 Å². The Morgan fingerprint density at radius 2 is 1.27 bits per heavy atom. The summed E-state index contributed by atoms with van der Waals surface area (Å²) in [6.45, 7) is 4.13. The first-order chi connectivity index (χ1) is 6.20. The maximum Gasteiger partial charge on any atom is 1.00 e. The molecule has 0 aromatic carbocycles. The summed E-state index contributed by atoms with van der Waals surface area (Å²) in [6, 6.07) is 0. The van der Waals surface area contributed by atoms with E-state index in [1.54, 1.807) is 0 Å².